The number of hydrogen-bond acceptors (Lipinski definition) is 3. The van der Waals surface area contributed by atoms with Gasteiger partial charge in [0.15, 0.2) is 0 Å². The van der Waals surface area contributed by atoms with Gasteiger partial charge in [-0.1, -0.05) is 24.6 Å². The topological polar surface area (TPSA) is 61.8 Å². The summed E-state index contributed by atoms with van der Waals surface area (Å²) in [5, 5.41) is 12.8. The Morgan fingerprint density at radius 1 is 1.35 bits per heavy atom. The highest BCUT2D eigenvalue weighted by Gasteiger charge is 2.28. The first kappa shape index (κ1) is 17.6. The molecule has 1 aliphatic rings. The molecule has 0 spiro atoms. The van der Waals surface area contributed by atoms with Crippen molar-refractivity contribution in [3.05, 3.63) is 30.3 Å². The van der Waals surface area contributed by atoms with E-state index < -0.39 is 0 Å². The van der Waals surface area contributed by atoms with E-state index in [0.717, 1.165) is 25.0 Å². The smallest absolute Gasteiger partial charge is 0.317 e. The van der Waals surface area contributed by atoms with Crippen molar-refractivity contribution in [2.75, 3.05) is 13.6 Å². The van der Waals surface area contributed by atoms with Crippen LogP contribution in [0.15, 0.2) is 30.3 Å². The minimum atomic E-state index is -0.275. The average molecular weight is 320 g/mol. The molecule has 1 aliphatic carbocycles. The number of carbonyl (C=O) groups is 1. The maximum absolute atomic E-state index is 12.3. The summed E-state index contributed by atoms with van der Waals surface area (Å²) in [7, 11) is 1.77. The molecule has 5 nitrogen and oxygen atoms in total. The second-order valence-electron chi connectivity index (χ2n) is 6.51. The highest BCUT2D eigenvalue weighted by molar-refractivity contribution is 5.74. The van der Waals surface area contributed by atoms with Crippen LogP contribution in [0.4, 0.5) is 4.79 Å². The molecule has 2 rings (SSSR count). The summed E-state index contributed by atoms with van der Waals surface area (Å²) in [6.07, 6.45) is 2.47. The van der Waals surface area contributed by atoms with Gasteiger partial charge in [-0.25, -0.2) is 4.79 Å². The van der Waals surface area contributed by atoms with Gasteiger partial charge in [0.25, 0.3) is 0 Å². The van der Waals surface area contributed by atoms with Gasteiger partial charge in [0.05, 0.1) is 12.1 Å². The normalized spacial score (nSPS) is 23.1. The molecule has 23 heavy (non-hydrogen) atoms. The number of aliphatic hydroxyl groups is 1. The number of nitrogens with one attached hydrogen (secondary N) is 1. The maximum Gasteiger partial charge on any atom is 0.317 e. The lowest BCUT2D eigenvalue weighted by atomic mass is 10.1. The summed E-state index contributed by atoms with van der Waals surface area (Å²) >= 11 is 0. The van der Waals surface area contributed by atoms with Crippen LogP contribution in [-0.2, 0) is 0 Å². The molecule has 5 heteroatoms. The van der Waals surface area contributed by atoms with E-state index in [4.69, 9.17) is 4.74 Å². The minimum Gasteiger partial charge on any atom is -0.489 e. The van der Waals surface area contributed by atoms with Crippen molar-refractivity contribution in [3.8, 4) is 5.75 Å². The zero-order valence-electron chi connectivity index (χ0n) is 14.2. The van der Waals surface area contributed by atoms with Gasteiger partial charge < -0.3 is 20.1 Å². The van der Waals surface area contributed by atoms with E-state index in [-0.39, 0.29) is 30.2 Å². The van der Waals surface area contributed by atoms with Crippen molar-refractivity contribution in [2.45, 2.75) is 51.4 Å². The largest absolute Gasteiger partial charge is 0.489 e. The Morgan fingerprint density at radius 3 is 2.65 bits per heavy atom. The van der Waals surface area contributed by atoms with Crippen LogP contribution >= 0.6 is 0 Å². The number of aliphatic hydroxyl groups excluding tert-OH is 1. The lowest BCUT2D eigenvalue weighted by Crippen LogP contribution is -2.48. The fraction of sp³-hybridized carbons (Fsp3) is 0.611. The first-order valence-electron chi connectivity index (χ1n) is 8.38. The first-order valence-corrected chi connectivity index (χ1v) is 8.38. The molecule has 0 aromatic heterocycles. The lowest BCUT2D eigenvalue weighted by molar-refractivity contribution is 0.111. The molecule has 1 saturated carbocycles. The quantitative estimate of drug-likeness (QED) is 0.847. The summed E-state index contributed by atoms with van der Waals surface area (Å²) in [5.41, 5.74) is 0. The summed E-state index contributed by atoms with van der Waals surface area (Å²) in [6, 6.07) is 9.35. The molecule has 0 heterocycles. The number of urea groups is 1. The summed E-state index contributed by atoms with van der Waals surface area (Å²) in [6.45, 7) is 4.47. The molecule has 0 aliphatic heterocycles. The highest BCUT2D eigenvalue weighted by Crippen LogP contribution is 2.26. The molecule has 4 unspecified atom stereocenters. The van der Waals surface area contributed by atoms with Gasteiger partial charge >= 0.3 is 6.03 Å². The van der Waals surface area contributed by atoms with Crippen LogP contribution in [0.2, 0.25) is 0 Å². The highest BCUT2D eigenvalue weighted by atomic mass is 16.5. The van der Waals surface area contributed by atoms with Crippen molar-refractivity contribution in [2.24, 2.45) is 5.92 Å². The molecule has 0 bridgehead atoms. The molecular formula is C18H28N2O3. The SMILES string of the molecule is CC(NC(=O)N(C)CC1CCCC1O)C(C)Oc1ccccc1. The van der Waals surface area contributed by atoms with E-state index >= 15 is 0 Å². The first-order chi connectivity index (χ1) is 11.0. The van der Waals surface area contributed by atoms with E-state index in [9.17, 15) is 9.90 Å². The van der Waals surface area contributed by atoms with E-state index in [0.29, 0.717) is 6.54 Å². The molecule has 1 fully saturated rings. The zero-order chi connectivity index (χ0) is 16.8. The van der Waals surface area contributed by atoms with Gasteiger partial charge in [0, 0.05) is 19.5 Å². The Kier molecular flexibility index (Phi) is 6.28. The van der Waals surface area contributed by atoms with Crippen LogP contribution < -0.4 is 10.1 Å². The molecular weight excluding hydrogens is 292 g/mol. The monoisotopic (exact) mass is 320 g/mol. The van der Waals surface area contributed by atoms with Crippen molar-refractivity contribution < 1.29 is 14.6 Å². The second-order valence-corrected chi connectivity index (χ2v) is 6.51. The number of nitrogens with zero attached hydrogens (tertiary/aromatic N) is 1. The van der Waals surface area contributed by atoms with E-state index in [1.54, 1.807) is 11.9 Å². The third kappa shape index (κ3) is 5.13. The number of ether oxygens (including phenoxy) is 1. The van der Waals surface area contributed by atoms with Gasteiger partial charge in [-0.3, -0.25) is 0 Å². The predicted molar refractivity (Wildman–Crippen MR) is 90.5 cm³/mol. The Balaban J connectivity index is 1.78. The lowest BCUT2D eigenvalue weighted by Gasteiger charge is -2.27. The fourth-order valence-electron chi connectivity index (χ4n) is 2.90. The van der Waals surface area contributed by atoms with Gasteiger partial charge in [0.1, 0.15) is 11.9 Å². The van der Waals surface area contributed by atoms with Crippen LogP contribution in [0.5, 0.6) is 5.75 Å². The molecule has 128 valence electrons. The van der Waals surface area contributed by atoms with Gasteiger partial charge in [-0.15, -0.1) is 0 Å². The molecule has 2 amide bonds. The Labute approximate surface area is 138 Å². The molecule has 4 atom stereocenters. The van der Waals surface area contributed by atoms with Gasteiger partial charge in [-0.05, 0) is 38.8 Å². The molecule has 2 N–H and O–H groups in total. The van der Waals surface area contributed by atoms with Gasteiger partial charge in [0.2, 0.25) is 0 Å². The van der Waals surface area contributed by atoms with E-state index in [1.165, 1.54) is 0 Å². The standard InChI is InChI=1S/C18H28N2O3/c1-13(14(2)23-16-9-5-4-6-10-16)19-18(22)20(3)12-15-8-7-11-17(15)21/h4-6,9-10,13-15,17,21H,7-8,11-12H2,1-3H3,(H,19,22). The van der Waals surface area contributed by atoms with Gasteiger partial charge in [-0.2, -0.15) is 0 Å². The van der Waals surface area contributed by atoms with Crippen molar-refractivity contribution in [1.29, 1.82) is 0 Å². The summed E-state index contributed by atoms with van der Waals surface area (Å²) < 4.78 is 5.83. The van der Waals surface area contributed by atoms with Crippen molar-refractivity contribution >= 4 is 6.03 Å². The van der Waals surface area contributed by atoms with Crippen LogP contribution in [0.1, 0.15) is 33.1 Å². The molecule has 0 saturated heterocycles. The van der Waals surface area contributed by atoms with Crippen LogP contribution in [-0.4, -0.2) is 47.9 Å². The number of rotatable bonds is 6. The van der Waals surface area contributed by atoms with Crippen LogP contribution in [0, 0.1) is 5.92 Å². The maximum atomic E-state index is 12.3. The summed E-state index contributed by atoms with van der Waals surface area (Å²) in [4.78, 5) is 13.9. The average Bonchev–Trinajstić information content (AvgIpc) is 2.93. The Morgan fingerprint density at radius 2 is 2.04 bits per heavy atom. The van der Waals surface area contributed by atoms with Crippen molar-refractivity contribution in [1.82, 2.24) is 10.2 Å². The third-order valence-corrected chi connectivity index (χ3v) is 4.59. The molecule has 1 aromatic carbocycles. The second kappa shape index (κ2) is 8.20. The third-order valence-electron chi connectivity index (χ3n) is 4.59. The van der Waals surface area contributed by atoms with E-state index in [1.807, 2.05) is 44.2 Å². The number of hydrogen-bond donors (Lipinski definition) is 2. The Hall–Kier alpha value is -1.75. The number of amides is 2. The molecule has 1 aromatic rings. The Bertz CT molecular complexity index is 494. The van der Waals surface area contributed by atoms with Crippen LogP contribution in [0.25, 0.3) is 0 Å². The van der Waals surface area contributed by atoms with E-state index in [2.05, 4.69) is 5.32 Å². The number of carbonyl (C=O) groups excluding carboxylic acids is 1. The summed E-state index contributed by atoms with van der Waals surface area (Å²) in [5.74, 6) is 0.988. The van der Waals surface area contributed by atoms with Crippen LogP contribution in [0.3, 0.4) is 0 Å². The van der Waals surface area contributed by atoms with Crippen molar-refractivity contribution in [3.63, 3.8) is 0 Å². The fourth-order valence-corrected chi connectivity index (χ4v) is 2.90. The number of benzene rings is 1. The predicted octanol–water partition coefficient (Wildman–Crippen LogP) is 2.64. The zero-order valence-corrected chi connectivity index (χ0v) is 14.2. The molecule has 0 radical (unpaired) electrons. The number of para-hydroxylation sites is 1. The minimum absolute atomic E-state index is 0.112.